The molecule has 18 rings (SSSR count). The van der Waals surface area contributed by atoms with E-state index in [0.29, 0.717) is 11.7 Å². The van der Waals surface area contributed by atoms with Crippen molar-refractivity contribution >= 4 is 104 Å². The topological polar surface area (TPSA) is 53.0 Å². The Morgan fingerprint density at radius 1 is 0.471 bits per heavy atom. The Kier molecular flexibility index (Phi) is 10.3. The van der Waals surface area contributed by atoms with Gasteiger partial charge in [0.05, 0.1) is 57.5 Å². The van der Waals surface area contributed by atoms with Crippen LogP contribution in [0.3, 0.4) is 0 Å². The van der Waals surface area contributed by atoms with E-state index in [2.05, 4.69) is 280 Å². The number of ether oxygens (including phenoxy) is 1. The third-order valence-corrected chi connectivity index (χ3v) is 18.6. The number of nitrogens with zero attached hydrogens (tertiary/aromatic N) is 6. The largest absolute Gasteiger partial charge is 0.496 e. The van der Waals surface area contributed by atoms with Crippen LogP contribution in [-0.4, -0.2) is 36.8 Å². The van der Waals surface area contributed by atoms with Gasteiger partial charge in [-0.05, 0) is 125 Å². The van der Waals surface area contributed by atoms with Gasteiger partial charge in [0.2, 0.25) is 0 Å². The monoisotopic (exact) mass is 1090 g/mol. The van der Waals surface area contributed by atoms with Gasteiger partial charge in [-0.15, -0.1) is 0 Å². The molecule has 7 heteroatoms. The van der Waals surface area contributed by atoms with E-state index in [4.69, 9.17) is 14.7 Å². The van der Waals surface area contributed by atoms with Crippen molar-refractivity contribution in [2.75, 3.05) is 12.0 Å². The van der Waals surface area contributed by atoms with Crippen LogP contribution in [-0.2, 0) is 0 Å². The highest BCUT2D eigenvalue weighted by atomic mass is 16.5. The summed E-state index contributed by atoms with van der Waals surface area (Å²) in [6.07, 6.45) is 14.9. The Morgan fingerprint density at radius 3 is 1.81 bits per heavy atom. The van der Waals surface area contributed by atoms with E-state index >= 15 is 0 Å². The van der Waals surface area contributed by atoms with E-state index in [1.165, 1.54) is 66.0 Å². The highest BCUT2D eigenvalue weighted by Gasteiger charge is 2.39. The van der Waals surface area contributed by atoms with Gasteiger partial charge in [-0.3, -0.25) is 0 Å². The maximum Gasteiger partial charge on any atom is 0.164 e. The predicted molar refractivity (Wildman–Crippen MR) is 353 cm³/mol. The van der Waals surface area contributed by atoms with Crippen LogP contribution in [0.15, 0.2) is 255 Å². The molecule has 3 atom stereocenters. The minimum atomic E-state index is -0.00440. The first-order chi connectivity index (χ1) is 42.0. The minimum Gasteiger partial charge on any atom is -0.496 e. The molecule has 0 saturated heterocycles. The summed E-state index contributed by atoms with van der Waals surface area (Å²) in [5, 5.41) is 11.5. The first-order valence-electron chi connectivity index (χ1n) is 29.6. The average molecular weight is 1090 g/mol. The molecule has 7 nitrogen and oxygen atoms in total. The minimum absolute atomic E-state index is 0.00440. The lowest BCUT2D eigenvalue weighted by atomic mass is 9.91. The van der Waals surface area contributed by atoms with Crippen LogP contribution >= 0.6 is 0 Å². The Labute approximate surface area is 490 Å². The first kappa shape index (κ1) is 47.8. The van der Waals surface area contributed by atoms with Crippen molar-refractivity contribution < 1.29 is 4.74 Å². The number of allylic oxidation sites excluding steroid dienone is 3. The molecule has 3 aliphatic rings. The molecular formula is C78H54N6O. The van der Waals surface area contributed by atoms with Crippen molar-refractivity contribution in [2.45, 2.75) is 31.2 Å². The van der Waals surface area contributed by atoms with Gasteiger partial charge in [0.15, 0.2) is 5.82 Å². The van der Waals surface area contributed by atoms with Crippen LogP contribution in [0.4, 0.5) is 11.4 Å². The van der Waals surface area contributed by atoms with E-state index < -0.39 is 0 Å². The van der Waals surface area contributed by atoms with Gasteiger partial charge in [0.1, 0.15) is 5.75 Å². The Morgan fingerprint density at radius 2 is 1.06 bits per heavy atom. The molecule has 15 aromatic rings. The van der Waals surface area contributed by atoms with E-state index in [-0.39, 0.29) is 12.0 Å². The van der Waals surface area contributed by atoms with E-state index in [9.17, 15) is 0 Å². The van der Waals surface area contributed by atoms with Crippen molar-refractivity contribution in [3.05, 3.63) is 272 Å². The summed E-state index contributed by atoms with van der Waals surface area (Å²) in [7, 11) is 1.74. The summed E-state index contributed by atoms with van der Waals surface area (Å²) >= 11 is 0. The molecule has 11 aromatic carbocycles. The first-order valence-corrected chi connectivity index (χ1v) is 29.6. The fourth-order valence-corrected chi connectivity index (χ4v) is 14.9. The Hall–Kier alpha value is -10.8. The summed E-state index contributed by atoms with van der Waals surface area (Å²) in [6, 6.07) is 82.4. The fraction of sp³-hybridized carbons (Fsp3) is 0.0769. The molecule has 85 heavy (non-hydrogen) atoms. The third kappa shape index (κ3) is 7.01. The zero-order valence-electron chi connectivity index (χ0n) is 46.9. The van der Waals surface area contributed by atoms with Gasteiger partial charge in [-0.25, -0.2) is 9.97 Å². The molecule has 2 aliphatic carbocycles. The van der Waals surface area contributed by atoms with Crippen LogP contribution in [0, 0.1) is 0 Å². The van der Waals surface area contributed by atoms with Crippen LogP contribution < -0.4 is 9.64 Å². The normalized spacial score (nSPS) is 16.3. The number of anilines is 2. The zero-order valence-corrected chi connectivity index (χ0v) is 46.9. The molecule has 4 aromatic heterocycles. The van der Waals surface area contributed by atoms with Crippen molar-refractivity contribution in [3.8, 4) is 45.5 Å². The number of fused-ring (bicyclic) bond motifs is 16. The summed E-state index contributed by atoms with van der Waals surface area (Å²) in [6.45, 7) is 2.36. The number of hydrogen-bond donors (Lipinski definition) is 0. The standard InChI is InChI=1S/C78H54N6O/c1-47-18-17-28-62-59-25-9-16-33-70(59)84(77(47)62)52-37-40-72-64(46-52)61-27-11-15-32-69(61)83(72)54-43-50(76-74-55-21-5-3-19-48(55)34-38-65(74)79-78(80-76)75-56-22-6-4-20-49(56)35-41-73(75)85-2)42-53(44-54)82-68-31-14-10-26-60(68)63-45-51(36-39-71(63)82)81-66-29-12-7-23-57(66)58-24-8-13-30-67(58)81/h3-17,19-47,60,68H,18H2,1-2H3. The zero-order chi connectivity index (χ0) is 56.0. The molecule has 0 spiro atoms. The fourth-order valence-electron chi connectivity index (χ4n) is 14.9. The summed E-state index contributed by atoms with van der Waals surface area (Å²) < 4.78 is 13.7. The SMILES string of the molecule is COc1ccc2ccccc2c1-c1nc(-c2cc(N3c4ccc(-n5c6ccccc6c6ccccc65)cc4C4C=CC=CC43)cc(-n3c4ccccc4c4cc(-n5c6c(c7ccccc75)C=CCC6C)ccc43)c2)c2c(ccc3ccccc32)n1. The molecule has 0 amide bonds. The Bertz CT molecular complexity index is 5400. The van der Waals surface area contributed by atoms with Crippen LogP contribution in [0.25, 0.3) is 133 Å². The van der Waals surface area contributed by atoms with Crippen LogP contribution in [0.2, 0.25) is 0 Å². The molecule has 0 N–H and O–H groups in total. The smallest absolute Gasteiger partial charge is 0.164 e. The Balaban J connectivity index is 0.915. The maximum atomic E-state index is 6.21. The second-order valence-corrected chi connectivity index (χ2v) is 23.2. The third-order valence-electron chi connectivity index (χ3n) is 18.6. The highest BCUT2D eigenvalue weighted by molar-refractivity contribution is 6.15. The second-order valence-electron chi connectivity index (χ2n) is 23.2. The van der Waals surface area contributed by atoms with Crippen molar-refractivity contribution in [1.29, 1.82) is 0 Å². The quantitative estimate of drug-likeness (QED) is 0.149. The molecule has 402 valence electrons. The van der Waals surface area contributed by atoms with Crippen molar-refractivity contribution in [2.24, 2.45) is 0 Å². The van der Waals surface area contributed by atoms with Gasteiger partial charge < -0.3 is 23.3 Å². The second kappa shape index (κ2) is 18.4. The molecule has 3 unspecified atom stereocenters. The predicted octanol–water partition coefficient (Wildman–Crippen LogP) is 19.7. The summed E-state index contributed by atoms with van der Waals surface area (Å²) in [5.74, 6) is 1.79. The molecule has 5 heterocycles. The number of aromatic nitrogens is 5. The van der Waals surface area contributed by atoms with Crippen molar-refractivity contribution in [3.63, 3.8) is 0 Å². The van der Waals surface area contributed by atoms with E-state index in [1.807, 2.05) is 6.07 Å². The lowest BCUT2D eigenvalue weighted by Gasteiger charge is -2.30. The van der Waals surface area contributed by atoms with Gasteiger partial charge in [0, 0.05) is 89.4 Å². The van der Waals surface area contributed by atoms with Gasteiger partial charge in [-0.2, -0.15) is 0 Å². The van der Waals surface area contributed by atoms with Gasteiger partial charge in [-0.1, -0.05) is 177 Å². The molecule has 0 radical (unpaired) electrons. The van der Waals surface area contributed by atoms with Gasteiger partial charge >= 0.3 is 0 Å². The lowest BCUT2D eigenvalue weighted by Crippen LogP contribution is -2.28. The van der Waals surface area contributed by atoms with Gasteiger partial charge in [0.25, 0.3) is 0 Å². The summed E-state index contributed by atoms with van der Waals surface area (Å²) in [5.41, 5.74) is 19.0. The number of para-hydroxylation sites is 4. The highest BCUT2D eigenvalue weighted by Crippen LogP contribution is 2.51. The number of hydrogen-bond acceptors (Lipinski definition) is 4. The molecule has 0 fully saturated rings. The average Bonchev–Trinajstić information content (AvgIpc) is 2.28. The summed E-state index contributed by atoms with van der Waals surface area (Å²) in [4.78, 5) is 13.9. The number of rotatable bonds is 7. The van der Waals surface area contributed by atoms with E-state index in [1.54, 1.807) is 7.11 Å². The number of methoxy groups -OCH3 is 1. The van der Waals surface area contributed by atoms with Crippen LogP contribution in [0.1, 0.15) is 42.0 Å². The maximum absolute atomic E-state index is 6.21. The molecule has 0 bridgehead atoms. The lowest BCUT2D eigenvalue weighted by molar-refractivity contribution is 0.416. The van der Waals surface area contributed by atoms with Crippen molar-refractivity contribution in [1.82, 2.24) is 23.7 Å². The molecular weight excluding hydrogens is 1040 g/mol. The molecule has 1 aliphatic heterocycles. The number of benzene rings is 11. The van der Waals surface area contributed by atoms with Crippen LogP contribution in [0.5, 0.6) is 5.75 Å². The molecule has 0 saturated carbocycles. The van der Waals surface area contributed by atoms with E-state index in [0.717, 1.165) is 95.2 Å².